The first-order valence-electron chi connectivity index (χ1n) is 10.6. The van der Waals surface area contributed by atoms with Crippen molar-refractivity contribution >= 4 is 27.3 Å². The van der Waals surface area contributed by atoms with Crippen LogP contribution in [0, 0.1) is 0 Å². The van der Waals surface area contributed by atoms with Crippen molar-refractivity contribution in [1.82, 2.24) is 19.5 Å². The third kappa shape index (κ3) is 6.73. The quantitative estimate of drug-likeness (QED) is 0.577. The van der Waals surface area contributed by atoms with Gasteiger partial charge in [0.05, 0.1) is 22.2 Å². The van der Waals surface area contributed by atoms with Gasteiger partial charge < -0.3 is 9.64 Å². The minimum atomic E-state index is -3.65. The molecule has 0 bridgehead atoms. The molecule has 0 atom stereocenters. The van der Waals surface area contributed by atoms with Crippen LogP contribution >= 0.6 is 11.3 Å². The van der Waals surface area contributed by atoms with Gasteiger partial charge in [-0.1, -0.05) is 6.92 Å². The number of carbonyl (C=O) groups is 1. The first-order chi connectivity index (χ1) is 14.9. The van der Waals surface area contributed by atoms with E-state index in [9.17, 15) is 13.2 Å². The van der Waals surface area contributed by atoms with Crippen molar-refractivity contribution in [3.8, 4) is 5.75 Å². The molecule has 1 saturated heterocycles. The number of hydrogen-bond acceptors (Lipinski definition) is 7. The number of thiazole rings is 1. The molecule has 0 saturated carbocycles. The number of ether oxygens (including phenoxy) is 1. The standard InChI is InChI=1S/C21H30N4O4S2/c1-3-20-23-17(16-30-20)15-24-11-13-25(14-12-24)21(26)9-10-22-31(27,28)19-7-5-18(6-8-19)29-4-2/h5-8,16,22H,3-4,9-15H2,1-2H3. The molecule has 31 heavy (non-hydrogen) atoms. The maximum Gasteiger partial charge on any atom is 0.240 e. The lowest BCUT2D eigenvalue weighted by Crippen LogP contribution is -2.48. The summed E-state index contributed by atoms with van der Waals surface area (Å²) in [7, 11) is -3.65. The second-order valence-corrected chi connectivity index (χ2v) is 10.0. The Morgan fingerprint density at radius 1 is 1.16 bits per heavy atom. The van der Waals surface area contributed by atoms with Crippen molar-refractivity contribution < 1.29 is 17.9 Å². The van der Waals surface area contributed by atoms with Crippen LogP contribution in [0.1, 0.15) is 31.0 Å². The number of hydrogen-bond donors (Lipinski definition) is 1. The average Bonchev–Trinajstić information content (AvgIpc) is 3.22. The molecule has 1 fully saturated rings. The van der Waals surface area contributed by atoms with Crippen molar-refractivity contribution in [1.29, 1.82) is 0 Å². The van der Waals surface area contributed by atoms with Crippen LogP contribution in [0.15, 0.2) is 34.5 Å². The summed E-state index contributed by atoms with van der Waals surface area (Å²) in [6.45, 7) is 8.26. The molecular weight excluding hydrogens is 436 g/mol. The molecule has 3 rings (SSSR count). The Labute approximate surface area is 188 Å². The Morgan fingerprint density at radius 3 is 2.48 bits per heavy atom. The summed E-state index contributed by atoms with van der Waals surface area (Å²) in [6, 6.07) is 6.25. The first-order valence-corrected chi connectivity index (χ1v) is 12.9. The molecule has 0 radical (unpaired) electrons. The van der Waals surface area contributed by atoms with Gasteiger partial charge in [0, 0.05) is 51.1 Å². The number of aryl methyl sites for hydroxylation is 1. The van der Waals surface area contributed by atoms with E-state index in [1.165, 1.54) is 12.1 Å². The number of sulfonamides is 1. The van der Waals surface area contributed by atoms with Crippen molar-refractivity contribution in [3.05, 3.63) is 40.3 Å². The number of amides is 1. The van der Waals surface area contributed by atoms with Crippen molar-refractivity contribution in [2.75, 3.05) is 39.3 Å². The highest BCUT2D eigenvalue weighted by molar-refractivity contribution is 7.89. The number of rotatable bonds is 10. The summed E-state index contributed by atoms with van der Waals surface area (Å²) >= 11 is 1.69. The van der Waals surface area contributed by atoms with E-state index in [1.54, 1.807) is 28.4 Å². The summed E-state index contributed by atoms with van der Waals surface area (Å²) in [5.74, 6) is 0.590. The van der Waals surface area contributed by atoms with E-state index in [0.29, 0.717) is 25.4 Å². The molecular formula is C21H30N4O4S2. The fourth-order valence-corrected chi connectivity index (χ4v) is 5.15. The number of benzene rings is 1. The summed E-state index contributed by atoms with van der Waals surface area (Å²) in [5.41, 5.74) is 1.09. The number of nitrogens with one attached hydrogen (secondary N) is 1. The van der Waals surface area contributed by atoms with Gasteiger partial charge in [0.15, 0.2) is 0 Å². The molecule has 1 aliphatic heterocycles. The monoisotopic (exact) mass is 466 g/mol. The highest BCUT2D eigenvalue weighted by Crippen LogP contribution is 2.16. The highest BCUT2D eigenvalue weighted by Gasteiger charge is 2.22. The molecule has 0 aliphatic carbocycles. The van der Waals surface area contributed by atoms with E-state index in [-0.39, 0.29) is 23.8 Å². The van der Waals surface area contributed by atoms with Crippen molar-refractivity contribution in [3.63, 3.8) is 0 Å². The largest absolute Gasteiger partial charge is 0.494 e. The van der Waals surface area contributed by atoms with Gasteiger partial charge in [-0.15, -0.1) is 11.3 Å². The lowest BCUT2D eigenvalue weighted by atomic mass is 10.2. The average molecular weight is 467 g/mol. The normalized spacial score (nSPS) is 15.2. The van der Waals surface area contributed by atoms with Crippen LogP contribution in [0.2, 0.25) is 0 Å². The molecule has 2 aromatic rings. The maximum atomic E-state index is 12.5. The molecule has 1 aromatic carbocycles. The Kier molecular flexibility index (Phi) is 8.42. The van der Waals surface area contributed by atoms with Gasteiger partial charge in [0.25, 0.3) is 0 Å². The molecule has 0 spiro atoms. The van der Waals surface area contributed by atoms with Crippen molar-refractivity contribution in [2.45, 2.75) is 38.1 Å². The predicted octanol–water partition coefficient (Wildman–Crippen LogP) is 2.12. The molecule has 0 unspecified atom stereocenters. The topological polar surface area (TPSA) is 91.8 Å². The zero-order chi connectivity index (χ0) is 22.3. The van der Waals surface area contributed by atoms with E-state index < -0.39 is 10.0 Å². The summed E-state index contributed by atoms with van der Waals surface area (Å²) in [4.78, 5) is 21.4. The van der Waals surface area contributed by atoms with E-state index in [1.807, 2.05) is 6.92 Å². The Bertz CT molecular complexity index is 952. The number of aromatic nitrogens is 1. The van der Waals surface area contributed by atoms with Crippen LogP contribution in [0.25, 0.3) is 0 Å². The number of carbonyl (C=O) groups excluding carboxylic acids is 1. The lowest BCUT2D eigenvalue weighted by Gasteiger charge is -2.34. The van der Waals surface area contributed by atoms with E-state index in [0.717, 1.165) is 36.8 Å². The lowest BCUT2D eigenvalue weighted by molar-refractivity contribution is -0.132. The number of piperazine rings is 1. The summed E-state index contributed by atoms with van der Waals surface area (Å²) in [5, 5.41) is 3.25. The molecule has 10 heteroatoms. The van der Waals surface area contributed by atoms with Crippen LogP contribution in [0.5, 0.6) is 5.75 Å². The molecule has 1 aromatic heterocycles. The zero-order valence-electron chi connectivity index (χ0n) is 18.0. The third-order valence-electron chi connectivity index (χ3n) is 5.09. The molecule has 170 valence electrons. The molecule has 8 nitrogen and oxygen atoms in total. The SMILES string of the molecule is CCOc1ccc(S(=O)(=O)NCCC(=O)N2CCN(Cc3csc(CC)n3)CC2)cc1. The van der Waals surface area contributed by atoms with Crippen LogP contribution in [0.3, 0.4) is 0 Å². The minimum Gasteiger partial charge on any atom is -0.494 e. The van der Waals surface area contributed by atoms with Crippen LogP contribution in [-0.2, 0) is 27.8 Å². The van der Waals surface area contributed by atoms with Crippen LogP contribution in [0.4, 0.5) is 0 Å². The van der Waals surface area contributed by atoms with Gasteiger partial charge in [0.1, 0.15) is 5.75 Å². The second-order valence-electron chi connectivity index (χ2n) is 7.30. The van der Waals surface area contributed by atoms with E-state index in [2.05, 4.69) is 26.9 Å². The van der Waals surface area contributed by atoms with Crippen LogP contribution < -0.4 is 9.46 Å². The molecule has 1 amide bonds. The first kappa shape index (κ1) is 23.6. The molecule has 2 heterocycles. The predicted molar refractivity (Wildman–Crippen MR) is 121 cm³/mol. The zero-order valence-corrected chi connectivity index (χ0v) is 19.7. The Hall–Kier alpha value is -2.01. The molecule has 1 aliphatic rings. The molecule has 1 N–H and O–H groups in total. The Morgan fingerprint density at radius 2 is 1.87 bits per heavy atom. The van der Waals surface area contributed by atoms with E-state index in [4.69, 9.17) is 4.74 Å². The van der Waals surface area contributed by atoms with Gasteiger partial charge in [-0.2, -0.15) is 0 Å². The van der Waals surface area contributed by atoms with Crippen LogP contribution in [-0.4, -0.2) is 68.4 Å². The summed E-state index contributed by atoms with van der Waals surface area (Å²) < 4.78 is 32.7. The third-order valence-corrected chi connectivity index (χ3v) is 7.61. The fraction of sp³-hybridized carbons (Fsp3) is 0.524. The maximum absolute atomic E-state index is 12.5. The van der Waals surface area contributed by atoms with Gasteiger partial charge in [-0.25, -0.2) is 18.1 Å². The smallest absolute Gasteiger partial charge is 0.240 e. The van der Waals surface area contributed by atoms with Crippen molar-refractivity contribution in [2.24, 2.45) is 0 Å². The van der Waals surface area contributed by atoms with E-state index >= 15 is 0 Å². The summed E-state index contributed by atoms with van der Waals surface area (Å²) in [6.07, 6.45) is 1.09. The fourth-order valence-electron chi connectivity index (χ4n) is 3.38. The van der Waals surface area contributed by atoms with Gasteiger partial charge >= 0.3 is 0 Å². The minimum absolute atomic E-state index is 0.0315. The number of nitrogens with zero attached hydrogens (tertiary/aromatic N) is 3. The van der Waals surface area contributed by atoms with Gasteiger partial charge in [-0.05, 0) is 37.6 Å². The second kappa shape index (κ2) is 11.0. The van der Waals surface area contributed by atoms with Gasteiger partial charge in [0.2, 0.25) is 15.9 Å². The Balaban J connectivity index is 1.40. The highest BCUT2D eigenvalue weighted by atomic mass is 32.2. The van der Waals surface area contributed by atoms with Gasteiger partial charge in [-0.3, -0.25) is 9.69 Å².